The number of hydrogen-bond donors (Lipinski definition) is 0. The fraction of sp³-hybridized carbons (Fsp3) is 0.333. The molecule has 0 saturated carbocycles. The van der Waals surface area contributed by atoms with Crippen molar-refractivity contribution >= 4 is 12.2 Å². The number of aryl methyl sites for hydroxylation is 1. The van der Waals surface area contributed by atoms with Gasteiger partial charge in [-0.25, -0.2) is 0 Å². The van der Waals surface area contributed by atoms with Crippen molar-refractivity contribution in [2.45, 2.75) is 33.6 Å². The molecule has 0 spiro atoms. The molecule has 82 valence electrons. The van der Waals surface area contributed by atoms with E-state index >= 15 is 0 Å². The molecule has 0 radical (unpaired) electrons. The van der Waals surface area contributed by atoms with Crippen molar-refractivity contribution in [3.05, 3.63) is 48.0 Å². The maximum Gasteiger partial charge on any atom is -0.0187 e. The van der Waals surface area contributed by atoms with E-state index in [-0.39, 0.29) is 0 Å². The molecule has 0 heteroatoms. The third-order valence-electron chi connectivity index (χ3n) is 2.13. The van der Waals surface area contributed by atoms with Gasteiger partial charge in [-0.15, -0.1) is 0 Å². The van der Waals surface area contributed by atoms with E-state index in [9.17, 15) is 0 Å². The minimum Gasteiger partial charge on any atom is -0.0984 e. The van der Waals surface area contributed by atoms with Crippen LogP contribution in [0.15, 0.2) is 31.4 Å². The molecule has 0 saturated heterocycles. The summed E-state index contributed by atoms with van der Waals surface area (Å²) in [4.78, 5) is 0. The monoisotopic (exact) mass is 202 g/mol. The van der Waals surface area contributed by atoms with Crippen molar-refractivity contribution in [3.63, 3.8) is 0 Å². The Morgan fingerprint density at radius 2 is 1.67 bits per heavy atom. The summed E-state index contributed by atoms with van der Waals surface area (Å²) in [5.41, 5.74) is 3.72. The summed E-state index contributed by atoms with van der Waals surface area (Å²) in [7, 11) is 0. The molecule has 0 aliphatic rings. The normalized spacial score (nSPS) is 8.73. The van der Waals surface area contributed by atoms with Crippen LogP contribution in [0, 0.1) is 0 Å². The Labute approximate surface area is 94.3 Å². The van der Waals surface area contributed by atoms with Gasteiger partial charge in [0.15, 0.2) is 0 Å². The predicted molar refractivity (Wildman–Crippen MR) is 72.0 cm³/mol. The lowest BCUT2D eigenvalue weighted by Gasteiger charge is -2.04. The molecule has 0 heterocycles. The molecule has 0 fully saturated rings. The van der Waals surface area contributed by atoms with E-state index in [1.54, 1.807) is 0 Å². The first-order valence-electron chi connectivity index (χ1n) is 5.69. The third kappa shape index (κ3) is 4.16. The lowest BCUT2D eigenvalue weighted by atomic mass is 10.0. The van der Waals surface area contributed by atoms with Crippen LogP contribution in [-0.4, -0.2) is 0 Å². The highest BCUT2D eigenvalue weighted by Gasteiger charge is 1.97. The highest BCUT2D eigenvalue weighted by Crippen LogP contribution is 2.15. The van der Waals surface area contributed by atoms with Crippen molar-refractivity contribution in [2.24, 2.45) is 0 Å². The van der Waals surface area contributed by atoms with Gasteiger partial charge in [0.1, 0.15) is 0 Å². The first-order chi connectivity index (χ1) is 7.31. The van der Waals surface area contributed by atoms with Crippen LogP contribution in [0.5, 0.6) is 0 Å². The molecule has 1 rings (SSSR count). The zero-order valence-electron chi connectivity index (χ0n) is 10.2. The standard InChI is InChI=1S/C13H16.C2H6/c1-4-7-11-8-9-12(5-2)13(6-3)10-11;1-2/h5-6,8-10H,2-4,7H2,1H3;1-2H3. The van der Waals surface area contributed by atoms with Crippen LogP contribution in [0.2, 0.25) is 0 Å². The number of hydrogen-bond acceptors (Lipinski definition) is 0. The van der Waals surface area contributed by atoms with Crippen molar-refractivity contribution in [2.75, 3.05) is 0 Å². The molecule has 0 unspecified atom stereocenters. The van der Waals surface area contributed by atoms with Gasteiger partial charge in [0.2, 0.25) is 0 Å². The molecule has 15 heavy (non-hydrogen) atoms. The quantitative estimate of drug-likeness (QED) is 0.648. The Morgan fingerprint density at radius 1 is 1.07 bits per heavy atom. The van der Waals surface area contributed by atoms with Gasteiger partial charge in [0, 0.05) is 0 Å². The topological polar surface area (TPSA) is 0 Å². The number of rotatable bonds is 4. The van der Waals surface area contributed by atoms with Crippen LogP contribution in [0.3, 0.4) is 0 Å². The lowest BCUT2D eigenvalue weighted by molar-refractivity contribution is 0.921. The second kappa shape index (κ2) is 8.05. The van der Waals surface area contributed by atoms with Gasteiger partial charge in [-0.2, -0.15) is 0 Å². The molecule has 0 N–H and O–H groups in total. The van der Waals surface area contributed by atoms with Crippen LogP contribution >= 0.6 is 0 Å². The maximum absolute atomic E-state index is 3.79. The summed E-state index contributed by atoms with van der Waals surface area (Å²) in [5, 5.41) is 0. The van der Waals surface area contributed by atoms with Crippen molar-refractivity contribution < 1.29 is 0 Å². The van der Waals surface area contributed by atoms with E-state index in [0.717, 1.165) is 12.0 Å². The summed E-state index contributed by atoms with van der Waals surface area (Å²) in [6.07, 6.45) is 6.07. The zero-order valence-corrected chi connectivity index (χ0v) is 10.2. The average molecular weight is 202 g/mol. The Balaban J connectivity index is 0.000000921. The highest BCUT2D eigenvalue weighted by atomic mass is 14.0. The SMILES string of the molecule is C=Cc1ccc(CCC)cc1C=C.CC. The molecule has 0 atom stereocenters. The van der Waals surface area contributed by atoms with Crippen molar-refractivity contribution in [3.8, 4) is 0 Å². The van der Waals surface area contributed by atoms with Gasteiger partial charge in [-0.05, 0) is 23.1 Å². The minimum atomic E-state index is 1.14. The molecule has 1 aromatic rings. The van der Waals surface area contributed by atoms with Crippen LogP contribution in [-0.2, 0) is 6.42 Å². The molecule has 0 aliphatic heterocycles. The summed E-state index contributed by atoms with van der Waals surface area (Å²) < 4.78 is 0. The molecule has 1 aromatic carbocycles. The van der Waals surface area contributed by atoms with Gasteiger partial charge >= 0.3 is 0 Å². The minimum absolute atomic E-state index is 1.14. The van der Waals surface area contributed by atoms with Crippen LogP contribution in [0.25, 0.3) is 12.2 Å². The van der Waals surface area contributed by atoms with Crippen molar-refractivity contribution in [1.29, 1.82) is 0 Å². The van der Waals surface area contributed by atoms with Crippen LogP contribution < -0.4 is 0 Å². The van der Waals surface area contributed by atoms with E-state index in [0.29, 0.717) is 0 Å². The molecule has 0 aromatic heterocycles. The average Bonchev–Trinajstić information content (AvgIpc) is 2.32. The van der Waals surface area contributed by atoms with Gasteiger partial charge < -0.3 is 0 Å². The smallest absolute Gasteiger partial charge is 0.0187 e. The predicted octanol–water partition coefficient (Wildman–Crippen LogP) is 4.95. The van der Waals surface area contributed by atoms with Gasteiger partial charge in [0.25, 0.3) is 0 Å². The second-order valence-corrected chi connectivity index (χ2v) is 3.12. The molecule has 0 amide bonds. The van der Waals surface area contributed by atoms with Gasteiger partial charge in [0.05, 0.1) is 0 Å². The first-order valence-corrected chi connectivity index (χ1v) is 5.69. The van der Waals surface area contributed by atoms with E-state index in [1.165, 1.54) is 17.5 Å². The first kappa shape index (κ1) is 13.7. The zero-order chi connectivity index (χ0) is 11.7. The maximum atomic E-state index is 3.79. The third-order valence-corrected chi connectivity index (χ3v) is 2.13. The summed E-state index contributed by atoms with van der Waals surface area (Å²) in [6.45, 7) is 13.7. The Morgan fingerprint density at radius 3 is 2.13 bits per heavy atom. The van der Waals surface area contributed by atoms with E-state index < -0.39 is 0 Å². The number of benzene rings is 1. The summed E-state index contributed by atoms with van der Waals surface area (Å²) in [5.74, 6) is 0. The fourth-order valence-corrected chi connectivity index (χ4v) is 1.43. The van der Waals surface area contributed by atoms with Gasteiger partial charge in [-0.3, -0.25) is 0 Å². The summed E-state index contributed by atoms with van der Waals surface area (Å²) in [6, 6.07) is 6.45. The highest BCUT2D eigenvalue weighted by molar-refractivity contribution is 5.64. The van der Waals surface area contributed by atoms with E-state index in [4.69, 9.17) is 0 Å². The summed E-state index contributed by atoms with van der Waals surface area (Å²) >= 11 is 0. The van der Waals surface area contributed by atoms with Gasteiger partial charge in [-0.1, -0.05) is 70.7 Å². The Bertz CT molecular complexity index is 308. The van der Waals surface area contributed by atoms with Crippen LogP contribution in [0.1, 0.15) is 43.9 Å². The Kier molecular flexibility index (Phi) is 7.35. The molecule has 0 bridgehead atoms. The molecule has 0 nitrogen and oxygen atoms in total. The second-order valence-electron chi connectivity index (χ2n) is 3.12. The molecular formula is C15H22. The Hall–Kier alpha value is -1.30. The van der Waals surface area contributed by atoms with E-state index in [2.05, 4.69) is 38.3 Å². The fourth-order valence-electron chi connectivity index (χ4n) is 1.43. The van der Waals surface area contributed by atoms with Crippen LogP contribution in [0.4, 0.5) is 0 Å². The molecular weight excluding hydrogens is 180 g/mol. The van der Waals surface area contributed by atoms with E-state index in [1.807, 2.05) is 26.0 Å². The lowest BCUT2D eigenvalue weighted by Crippen LogP contribution is -1.86. The largest absolute Gasteiger partial charge is 0.0984 e. The van der Waals surface area contributed by atoms with Crippen molar-refractivity contribution in [1.82, 2.24) is 0 Å². The molecule has 0 aliphatic carbocycles.